The first-order chi connectivity index (χ1) is 9.86. The second-order valence-corrected chi connectivity index (χ2v) is 5.20. The molecule has 0 saturated carbocycles. The van der Waals surface area contributed by atoms with Crippen molar-refractivity contribution < 1.29 is 22.4 Å². The predicted molar refractivity (Wildman–Crippen MR) is 66.2 cm³/mol. The molecule has 0 aromatic carbocycles. The van der Waals surface area contributed by atoms with Crippen LogP contribution in [0, 0.1) is 0 Å². The Morgan fingerprint density at radius 2 is 2.05 bits per heavy atom. The van der Waals surface area contributed by atoms with Gasteiger partial charge in [0.25, 0.3) is 5.91 Å². The predicted octanol–water partition coefficient (Wildman–Crippen LogP) is 2.31. The van der Waals surface area contributed by atoms with Crippen LogP contribution in [0.25, 0.3) is 0 Å². The zero-order valence-corrected chi connectivity index (χ0v) is 12.0. The summed E-state index contributed by atoms with van der Waals surface area (Å²) >= 11 is 3.09. The van der Waals surface area contributed by atoms with Crippen LogP contribution in [-0.2, 0) is 19.3 Å². The summed E-state index contributed by atoms with van der Waals surface area (Å²) in [5, 5.41) is 6.67. The van der Waals surface area contributed by atoms with Gasteiger partial charge >= 0.3 is 6.18 Å². The van der Waals surface area contributed by atoms with E-state index in [1.54, 1.807) is 6.07 Å². The fourth-order valence-corrected chi connectivity index (χ4v) is 2.43. The molecule has 0 aliphatic carbocycles. The van der Waals surface area contributed by atoms with E-state index in [4.69, 9.17) is 4.42 Å². The van der Waals surface area contributed by atoms with E-state index in [2.05, 4.69) is 26.1 Å². The van der Waals surface area contributed by atoms with Crippen molar-refractivity contribution >= 4 is 21.8 Å². The molecule has 0 atom stereocenters. The normalized spacial score (nSPS) is 15.1. The highest BCUT2D eigenvalue weighted by atomic mass is 79.9. The summed E-state index contributed by atoms with van der Waals surface area (Å²) in [6.07, 6.45) is -4.55. The number of carbonyl (C=O) groups excluding carboxylic acids is 1. The van der Waals surface area contributed by atoms with Crippen molar-refractivity contribution in [3.8, 4) is 0 Å². The molecule has 112 valence electrons. The van der Waals surface area contributed by atoms with Crippen LogP contribution in [0.4, 0.5) is 13.2 Å². The maximum absolute atomic E-state index is 12.7. The van der Waals surface area contributed by atoms with E-state index in [1.807, 2.05) is 0 Å². The lowest BCUT2D eigenvalue weighted by atomic mass is 10.3. The van der Waals surface area contributed by atoms with Crippen LogP contribution in [0.3, 0.4) is 0 Å². The minimum atomic E-state index is -4.55. The average molecular weight is 365 g/mol. The lowest BCUT2D eigenvalue weighted by molar-refractivity contribution is -0.147. The summed E-state index contributed by atoms with van der Waals surface area (Å²) in [6, 6.07) is 3.06. The maximum atomic E-state index is 12.7. The molecule has 6 nitrogen and oxygen atoms in total. The first-order valence-electron chi connectivity index (χ1n) is 5.90. The smallest absolute Gasteiger partial charge is 0.444 e. The highest BCUT2D eigenvalue weighted by Gasteiger charge is 2.40. The van der Waals surface area contributed by atoms with Crippen LogP contribution in [-0.4, -0.2) is 32.1 Å². The van der Waals surface area contributed by atoms with Gasteiger partial charge in [0.2, 0.25) is 5.82 Å². The molecule has 3 heterocycles. The third-order valence-electron chi connectivity index (χ3n) is 3.08. The first kappa shape index (κ1) is 14.1. The van der Waals surface area contributed by atoms with E-state index < -0.39 is 17.9 Å². The van der Waals surface area contributed by atoms with E-state index in [1.165, 1.54) is 11.0 Å². The van der Waals surface area contributed by atoms with E-state index >= 15 is 0 Å². The standard InChI is InChI=1S/C11H8BrF3N4O2/c12-7-2-1-6(21-7)9(20)18-3-4-19-8(5-18)16-17-10(19)11(13,14)15/h1-2H,3-5H2. The van der Waals surface area contributed by atoms with Crippen LogP contribution in [0.5, 0.6) is 0 Å². The molecule has 10 heteroatoms. The number of hydrogen-bond donors (Lipinski definition) is 0. The van der Waals surface area contributed by atoms with Gasteiger partial charge in [-0.3, -0.25) is 4.79 Å². The molecule has 2 aromatic heterocycles. The maximum Gasteiger partial charge on any atom is 0.451 e. The van der Waals surface area contributed by atoms with Gasteiger partial charge in [-0.2, -0.15) is 13.2 Å². The molecule has 0 radical (unpaired) electrons. The second kappa shape index (κ2) is 4.86. The Morgan fingerprint density at radius 3 is 2.67 bits per heavy atom. The fraction of sp³-hybridized carbons (Fsp3) is 0.364. The summed E-state index contributed by atoms with van der Waals surface area (Å²) in [6.45, 7) is 0.0797. The number of amides is 1. The molecule has 2 aromatic rings. The SMILES string of the molecule is O=C(c1ccc(Br)o1)N1CCn2c(nnc2C(F)(F)F)C1. The Bertz CT molecular complexity index is 694. The zero-order chi connectivity index (χ0) is 15.2. The minimum absolute atomic E-state index is 0.00913. The molecular weight excluding hydrogens is 357 g/mol. The molecule has 0 fully saturated rings. The largest absolute Gasteiger partial charge is 0.451 e. The van der Waals surface area contributed by atoms with Gasteiger partial charge < -0.3 is 13.9 Å². The molecule has 0 N–H and O–H groups in total. The molecule has 1 amide bonds. The zero-order valence-electron chi connectivity index (χ0n) is 10.4. The molecular formula is C11H8BrF3N4O2. The molecule has 1 aliphatic heterocycles. The number of furan rings is 1. The van der Waals surface area contributed by atoms with Crippen molar-refractivity contribution in [1.29, 1.82) is 0 Å². The minimum Gasteiger partial charge on any atom is -0.444 e. The lowest BCUT2D eigenvalue weighted by Crippen LogP contribution is -2.39. The number of halogens is 4. The summed E-state index contributed by atoms with van der Waals surface area (Å²) in [5.74, 6) is -1.22. The van der Waals surface area contributed by atoms with E-state index in [-0.39, 0.29) is 31.2 Å². The third-order valence-corrected chi connectivity index (χ3v) is 3.50. The molecule has 0 unspecified atom stereocenters. The van der Waals surface area contributed by atoms with Gasteiger partial charge in [0.05, 0.1) is 6.54 Å². The average Bonchev–Trinajstić information content (AvgIpc) is 3.02. The van der Waals surface area contributed by atoms with Gasteiger partial charge in [0.15, 0.2) is 16.3 Å². The van der Waals surface area contributed by atoms with Crippen LogP contribution < -0.4 is 0 Å². The van der Waals surface area contributed by atoms with Crippen molar-refractivity contribution in [2.75, 3.05) is 6.54 Å². The number of carbonyl (C=O) groups is 1. The number of hydrogen-bond acceptors (Lipinski definition) is 4. The van der Waals surface area contributed by atoms with Crippen molar-refractivity contribution in [2.24, 2.45) is 0 Å². The summed E-state index contributed by atoms with van der Waals surface area (Å²) in [4.78, 5) is 13.5. The summed E-state index contributed by atoms with van der Waals surface area (Å²) < 4.78 is 44.7. The second-order valence-electron chi connectivity index (χ2n) is 4.42. The Hall–Kier alpha value is -1.84. The molecule has 3 rings (SSSR count). The van der Waals surface area contributed by atoms with Gasteiger partial charge in [-0.25, -0.2) is 0 Å². The van der Waals surface area contributed by atoms with Crippen molar-refractivity contribution in [3.05, 3.63) is 34.2 Å². The molecule has 0 saturated heterocycles. The third kappa shape index (κ3) is 2.55. The molecule has 1 aliphatic rings. The van der Waals surface area contributed by atoms with Crippen molar-refractivity contribution in [1.82, 2.24) is 19.7 Å². The molecule has 0 bridgehead atoms. The van der Waals surface area contributed by atoms with Crippen LogP contribution in [0.2, 0.25) is 0 Å². The number of rotatable bonds is 1. The number of fused-ring (bicyclic) bond motifs is 1. The number of alkyl halides is 3. The fourth-order valence-electron chi connectivity index (χ4n) is 2.13. The molecule has 21 heavy (non-hydrogen) atoms. The Morgan fingerprint density at radius 1 is 1.29 bits per heavy atom. The Kier molecular flexibility index (Phi) is 3.27. The number of aromatic nitrogens is 3. The van der Waals surface area contributed by atoms with Crippen LogP contribution >= 0.6 is 15.9 Å². The lowest BCUT2D eigenvalue weighted by Gasteiger charge is -2.27. The quantitative estimate of drug-likeness (QED) is 0.778. The van der Waals surface area contributed by atoms with E-state index in [9.17, 15) is 18.0 Å². The van der Waals surface area contributed by atoms with Crippen LogP contribution in [0.1, 0.15) is 22.2 Å². The van der Waals surface area contributed by atoms with E-state index in [0.717, 1.165) is 4.57 Å². The summed E-state index contributed by atoms with van der Waals surface area (Å²) in [5.41, 5.74) is 0. The van der Waals surface area contributed by atoms with Gasteiger partial charge in [-0.1, -0.05) is 0 Å². The van der Waals surface area contributed by atoms with Crippen LogP contribution in [0.15, 0.2) is 21.2 Å². The van der Waals surface area contributed by atoms with Gasteiger partial charge in [0.1, 0.15) is 0 Å². The van der Waals surface area contributed by atoms with Gasteiger partial charge in [-0.15, -0.1) is 10.2 Å². The number of nitrogens with zero attached hydrogens (tertiary/aromatic N) is 4. The molecule has 0 spiro atoms. The Labute approximate surface area is 124 Å². The summed E-state index contributed by atoms with van der Waals surface area (Å²) in [7, 11) is 0. The highest BCUT2D eigenvalue weighted by Crippen LogP contribution is 2.29. The first-order valence-corrected chi connectivity index (χ1v) is 6.69. The highest BCUT2D eigenvalue weighted by molar-refractivity contribution is 9.10. The van der Waals surface area contributed by atoms with Crippen molar-refractivity contribution in [3.63, 3.8) is 0 Å². The topological polar surface area (TPSA) is 64.2 Å². The van der Waals surface area contributed by atoms with Gasteiger partial charge in [-0.05, 0) is 28.1 Å². The van der Waals surface area contributed by atoms with Gasteiger partial charge in [0, 0.05) is 13.1 Å². The van der Waals surface area contributed by atoms with Crippen molar-refractivity contribution in [2.45, 2.75) is 19.3 Å². The Balaban J connectivity index is 1.82. The monoisotopic (exact) mass is 364 g/mol. The van der Waals surface area contributed by atoms with E-state index in [0.29, 0.717) is 4.67 Å².